The first-order valence-corrected chi connectivity index (χ1v) is 8.84. The van der Waals surface area contributed by atoms with Gasteiger partial charge in [0.15, 0.2) is 0 Å². The van der Waals surface area contributed by atoms with Crippen molar-refractivity contribution < 1.29 is 25.9 Å². The highest BCUT2D eigenvalue weighted by atomic mass is 32.2. The van der Waals surface area contributed by atoms with Crippen molar-refractivity contribution in [1.29, 1.82) is 0 Å². The number of nitrogens with two attached hydrogens (primary N) is 2. The smallest absolute Gasteiger partial charge is 0.295 e. The van der Waals surface area contributed by atoms with Gasteiger partial charge in [-0.15, -0.1) is 0 Å². The first-order chi connectivity index (χ1) is 9.92. The van der Waals surface area contributed by atoms with E-state index in [1.165, 1.54) is 30.4 Å². The van der Waals surface area contributed by atoms with Crippen molar-refractivity contribution in [3.8, 4) is 0 Å². The molecular formula is C12H14N2O6S2. The van der Waals surface area contributed by atoms with Gasteiger partial charge in [-0.05, 0) is 17.7 Å². The van der Waals surface area contributed by atoms with Crippen molar-refractivity contribution in [1.82, 2.24) is 0 Å². The third-order valence-corrected chi connectivity index (χ3v) is 4.99. The van der Waals surface area contributed by atoms with Gasteiger partial charge in [-0.2, -0.15) is 16.8 Å². The molecule has 0 heterocycles. The Bertz CT molecular complexity index is 882. The Morgan fingerprint density at radius 3 is 2.14 bits per heavy atom. The summed E-state index contributed by atoms with van der Waals surface area (Å²) >= 11 is 0. The lowest BCUT2D eigenvalue weighted by Crippen LogP contribution is -2.49. The Morgan fingerprint density at radius 1 is 1.00 bits per heavy atom. The second-order valence-electron chi connectivity index (χ2n) is 4.91. The molecule has 6 N–H and O–H groups in total. The van der Waals surface area contributed by atoms with Gasteiger partial charge < -0.3 is 11.5 Å². The molecule has 0 saturated heterocycles. The fraction of sp³-hybridized carbons (Fsp3) is 0.167. The fourth-order valence-electron chi connectivity index (χ4n) is 2.15. The van der Waals surface area contributed by atoms with Crippen LogP contribution >= 0.6 is 0 Å². The summed E-state index contributed by atoms with van der Waals surface area (Å²) in [6.45, 7) is 0. The molecule has 0 aromatic heterocycles. The fourth-order valence-corrected chi connectivity index (χ4v) is 3.74. The predicted molar refractivity (Wildman–Crippen MR) is 79.6 cm³/mol. The van der Waals surface area contributed by atoms with Crippen molar-refractivity contribution in [2.45, 2.75) is 17.0 Å². The third-order valence-electron chi connectivity index (χ3n) is 3.09. The molecular weight excluding hydrogens is 332 g/mol. The summed E-state index contributed by atoms with van der Waals surface area (Å²) in [4.78, 5) is -1.01. The summed E-state index contributed by atoms with van der Waals surface area (Å²) in [5.74, 6) is 0. The van der Waals surface area contributed by atoms with Crippen LogP contribution in [0.25, 0.3) is 5.57 Å². The van der Waals surface area contributed by atoms with Crippen molar-refractivity contribution in [3.05, 3.63) is 46.9 Å². The van der Waals surface area contributed by atoms with Gasteiger partial charge in [0, 0.05) is 12.0 Å². The Morgan fingerprint density at radius 2 is 1.59 bits per heavy atom. The van der Waals surface area contributed by atoms with Crippen LogP contribution in [-0.4, -0.2) is 31.6 Å². The van der Waals surface area contributed by atoms with Gasteiger partial charge in [0.25, 0.3) is 20.2 Å². The van der Waals surface area contributed by atoms with Crippen molar-refractivity contribution in [3.63, 3.8) is 0 Å². The Kier molecular flexibility index (Phi) is 4.02. The number of benzene rings is 1. The minimum atomic E-state index is -4.66. The second-order valence-corrected chi connectivity index (χ2v) is 7.74. The largest absolute Gasteiger partial charge is 0.310 e. The van der Waals surface area contributed by atoms with Crippen LogP contribution in [0.5, 0.6) is 0 Å². The third kappa shape index (κ3) is 3.43. The van der Waals surface area contributed by atoms with Crippen molar-refractivity contribution in [2.24, 2.45) is 11.5 Å². The highest BCUT2D eigenvalue weighted by molar-refractivity contribution is 7.90. The molecule has 0 spiro atoms. The second kappa shape index (κ2) is 5.26. The van der Waals surface area contributed by atoms with E-state index in [2.05, 4.69) is 0 Å². The first-order valence-electron chi connectivity index (χ1n) is 5.96. The van der Waals surface area contributed by atoms with Crippen LogP contribution in [0.3, 0.4) is 0 Å². The summed E-state index contributed by atoms with van der Waals surface area (Å²) in [5.41, 5.74) is 9.61. The molecule has 120 valence electrons. The summed E-state index contributed by atoms with van der Waals surface area (Å²) in [5, 5.41) is 0. The quantitative estimate of drug-likeness (QED) is 0.443. The lowest BCUT2D eigenvalue weighted by molar-refractivity contribution is 0.477. The molecule has 0 amide bonds. The Balaban J connectivity index is 2.81. The van der Waals surface area contributed by atoms with Gasteiger partial charge in [0.2, 0.25) is 0 Å². The average molecular weight is 346 g/mol. The summed E-state index contributed by atoms with van der Waals surface area (Å²) < 4.78 is 64.6. The molecule has 10 heteroatoms. The Labute approximate surface area is 127 Å². The zero-order valence-corrected chi connectivity index (χ0v) is 12.8. The number of allylic oxidation sites excluding steroid dienone is 2. The molecule has 22 heavy (non-hydrogen) atoms. The zero-order chi connectivity index (χ0) is 16.8. The molecule has 0 atom stereocenters. The van der Waals surface area contributed by atoms with Gasteiger partial charge in [0.05, 0.1) is 10.6 Å². The van der Waals surface area contributed by atoms with E-state index in [1.807, 2.05) is 0 Å². The van der Waals surface area contributed by atoms with Gasteiger partial charge >= 0.3 is 0 Å². The number of hydrogen-bond acceptors (Lipinski definition) is 6. The van der Waals surface area contributed by atoms with Crippen LogP contribution in [0.1, 0.15) is 12.0 Å². The molecule has 0 radical (unpaired) electrons. The van der Waals surface area contributed by atoms with E-state index in [-0.39, 0.29) is 11.1 Å². The maximum atomic E-state index is 11.6. The van der Waals surface area contributed by atoms with Gasteiger partial charge in [-0.1, -0.05) is 24.3 Å². The zero-order valence-electron chi connectivity index (χ0n) is 11.2. The highest BCUT2D eigenvalue weighted by Gasteiger charge is 2.32. The lowest BCUT2D eigenvalue weighted by Gasteiger charge is -2.27. The van der Waals surface area contributed by atoms with E-state index in [1.54, 1.807) is 0 Å². The number of hydrogen-bond donors (Lipinski definition) is 4. The van der Waals surface area contributed by atoms with Crippen molar-refractivity contribution in [2.75, 3.05) is 0 Å². The molecule has 0 saturated carbocycles. The maximum Gasteiger partial charge on any atom is 0.295 e. The standard InChI is InChI=1S/C12H14N2O6S2/c13-12(14)6-5-9(11(7-12)22(18,19)20)8-3-1-2-4-10(8)21(15,16)17/h1-6H,7,13-14H2,(H,15,16,17)(H,18,19,20). The van der Waals surface area contributed by atoms with E-state index in [4.69, 9.17) is 11.5 Å². The number of rotatable bonds is 3. The van der Waals surface area contributed by atoms with Crippen molar-refractivity contribution >= 4 is 25.8 Å². The molecule has 1 aliphatic rings. The van der Waals surface area contributed by atoms with E-state index >= 15 is 0 Å². The minimum absolute atomic E-state index is 0.0793. The summed E-state index contributed by atoms with van der Waals surface area (Å²) in [7, 11) is -9.25. The maximum absolute atomic E-state index is 11.6. The first kappa shape index (κ1) is 16.8. The average Bonchev–Trinajstić information content (AvgIpc) is 2.36. The SMILES string of the molecule is NC1(N)C=CC(c2ccccc2S(=O)(=O)O)=C(S(=O)(=O)O)C1. The topological polar surface area (TPSA) is 161 Å². The summed E-state index contributed by atoms with van der Waals surface area (Å²) in [6, 6.07) is 5.23. The van der Waals surface area contributed by atoms with E-state index in [0.29, 0.717) is 0 Å². The molecule has 0 aliphatic heterocycles. The molecule has 0 unspecified atom stereocenters. The lowest BCUT2D eigenvalue weighted by atomic mass is 9.94. The molecule has 2 rings (SSSR count). The molecule has 1 aliphatic carbocycles. The van der Waals surface area contributed by atoms with Crippen LogP contribution in [0, 0.1) is 0 Å². The predicted octanol–water partition coefficient (Wildman–Crippen LogP) is 0.106. The van der Waals surface area contributed by atoms with Crippen LogP contribution < -0.4 is 11.5 Å². The van der Waals surface area contributed by atoms with Gasteiger partial charge in [-0.25, -0.2) is 0 Å². The van der Waals surface area contributed by atoms with Crippen LogP contribution in [0.4, 0.5) is 0 Å². The van der Waals surface area contributed by atoms with E-state index in [9.17, 15) is 25.9 Å². The molecule has 1 aromatic carbocycles. The molecule has 0 fully saturated rings. The monoisotopic (exact) mass is 346 g/mol. The van der Waals surface area contributed by atoms with E-state index < -0.39 is 42.1 Å². The normalized spacial score (nSPS) is 18.5. The van der Waals surface area contributed by atoms with E-state index in [0.717, 1.165) is 6.07 Å². The highest BCUT2D eigenvalue weighted by Crippen LogP contribution is 2.35. The van der Waals surface area contributed by atoms with Crippen LogP contribution in [0.2, 0.25) is 0 Å². The molecule has 0 bridgehead atoms. The Hall–Kier alpha value is -1.56. The summed E-state index contributed by atoms with van der Waals surface area (Å²) in [6.07, 6.45) is 2.08. The van der Waals surface area contributed by atoms with Gasteiger partial charge in [-0.3, -0.25) is 9.11 Å². The van der Waals surface area contributed by atoms with Crippen LogP contribution in [0.15, 0.2) is 46.2 Å². The van der Waals surface area contributed by atoms with Crippen LogP contribution in [-0.2, 0) is 20.2 Å². The molecule has 8 nitrogen and oxygen atoms in total. The minimum Gasteiger partial charge on any atom is -0.310 e. The van der Waals surface area contributed by atoms with Gasteiger partial charge in [0.1, 0.15) is 4.90 Å². The molecule has 1 aromatic rings.